The summed E-state index contributed by atoms with van der Waals surface area (Å²) in [5.41, 5.74) is 2.78. The number of benzene rings is 1. The maximum Gasteiger partial charge on any atom is 0.306 e. The van der Waals surface area contributed by atoms with Crippen molar-refractivity contribution in [1.82, 2.24) is 15.0 Å². The summed E-state index contributed by atoms with van der Waals surface area (Å²) in [6.07, 6.45) is 13.8. The van der Waals surface area contributed by atoms with Crippen molar-refractivity contribution in [2.45, 2.75) is 90.2 Å². The van der Waals surface area contributed by atoms with Gasteiger partial charge in [-0.05, 0) is 98.5 Å². The van der Waals surface area contributed by atoms with E-state index in [0.29, 0.717) is 24.2 Å². The van der Waals surface area contributed by atoms with E-state index in [4.69, 9.17) is 9.47 Å². The van der Waals surface area contributed by atoms with E-state index in [9.17, 15) is 9.59 Å². The molecular formula is C33H43N3O4. The summed E-state index contributed by atoms with van der Waals surface area (Å²) >= 11 is 0. The monoisotopic (exact) mass is 545 g/mol. The molecule has 7 nitrogen and oxygen atoms in total. The number of carbonyl (C=O) groups excluding carboxylic acids is 2. The Bertz CT molecular complexity index is 1250. The van der Waals surface area contributed by atoms with Crippen molar-refractivity contribution >= 4 is 11.8 Å². The lowest BCUT2D eigenvalue weighted by Gasteiger charge is -2.43. The number of esters is 1. The highest BCUT2D eigenvalue weighted by atomic mass is 16.5. The summed E-state index contributed by atoms with van der Waals surface area (Å²) in [7, 11) is 1.67. The lowest BCUT2D eigenvalue weighted by molar-refractivity contribution is -0.151. The highest BCUT2D eigenvalue weighted by Gasteiger charge is 2.53. The third kappa shape index (κ3) is 5.12. The highest BCUT2D eigenvalue weighted by molar-refractivity contribution is 5.98. The SMILES string of the molecule is CC[C@H]1CCCC[C@@H](C)C(=O)C2=CC3[C@@H]4CCCC4[C@H](n4cc(-c5ccc(OC)cc5)nn4)C[C@H]3[C@@H]2CC(=O)O1. The molecule has 6 rings (SSSR count). The third-order valence-electron chi connectivity index (χ3n) is 10.4. The molecule has 0 N–H and O–H groups in total. The third-order valence-corrected chi connectivity index (χ3v) is 10.4. The number of carbonyl (C=O) groups is 2. The van der Waals surface area contributed by atoms with Gasteiger partial charge >= 0.3 is 5.97 Å². The van der Waals surface area contributed by atoms with Crippen molar-refractivity contribution in [2.75, 3.05) is 7.11 Å². The van der Waals surface area contributed by atoms with Crippen LogP contribution in [0, 0.1) is 35.5 Å². The van der Waals surface area contributed by atoms with Gasteiger partial charge in [-0.25, -0.2) is 4.68 Å². The second-order valence-electron chi connectivity index (χ2n) is 12.6. The molecule has 0 bridgehead atoms. The second kappa shape index (κ2) is 11.5. The number of aromatic nitrogens is 3. The molecule has 1 aromatic heterocycles. The number of nitrogens with zero attached hydrogens (tertiary/aromatic N) is 3. The zero-order valence-corrected chi connectivity index (χ0v) is 24.1. The number of hydrogen-bond acceptors (Lipinski definition) is 6. The average Bonchev–Trinajstić information content (AvgIpc) is 3.72. The number of allylic oxidation sites excluding steroid dienone is 2. The molecule has 4 aliphatic rings. The molecule has 2 aromatic rings. The standard InChI is InChI=1S/C33H43N3O4/c1-4-22-9-6-5-8-20(2)33(38)29-16-26-24-10-7-11-25(24)31(17-27(26)28(29)18-32(37)40-22)36-19-30(34-35-36)21-12-14-23(39-3)15-13-21/h12-16,19-20,22,24-28,31H,4-11,17-18H2,1-3H3/t20-,22+,24-,25?,26?,27-,28+,31-/m1/s1. The van der Waals surface area contributed by atoms with Crippen molar-refractivity contribution < 1.29 is 19.1 Å². The Morgan fingerprint density at radius 2 is 1.77 bits per heavy atom. The first-order chi connectivity index (χ1) is 19.5. The topological polar surface area (TPSA) is 83.3 Å². The van der Waals surface area contributed by atoms with E-state index in [1.165, 1.54) is 19.3 Å². The molecule has 3 aliphatic carbocycles. The molecule has 1 saturated heterocycles. The minimum Gasteiger partial charge on any atom is -0.497 e. The Kier molecular flexibility index (Phi) is 7.82. The van der Waals surface area contributed by atoms with Crippen LogP contribution in [0.2, 0.25) is 0 Å². The van der Waals surface area contributed by atoms with Crippen LogP contribution in [0.25, 0.3) is 11.3 Å². The van der Waals surface area contributed by atoms with Crippen LogP contribution in [0.1, 0.15) is 84.1 Å². The van der Waals surface area contributed by atoms with Crippen LogP contribution >= 0.6 is 0 Å². The van der Waals surface area contributed by atoms with Gasteiger partial charge in [-0.15, -0.1) is 5.10 Å². The lowest BCUT2D eigenvalue weighted by Crippen LogP contribution is -2.39. The number of Topliss-reactive ketones (excluding diaryl/α,β-unsaturated/α-hetero) is 1. The molecule has 1 aromatic carbocycles. The first-order valence-electron chi connectivity index (χ1n) is 15.5. The fourth-order valence-electron chi connectivity index (χ4n) is 8.30. The Hall–Kier alpha value is -2.96. The minimum atomic E-state index is -0.142. The predicted octanol–water partition coefficient (Wildman–Crippen LogP) is 6.59. The van der Waals surface area contributed by atoms with Crippen LogP contribution in [-0.4, -0.2) is 40.0 Å². The summed E-state index contributed by atoms with van der Waals surface area (Å²) in [6, 6.07) is 8.14. The molecule has 0 spiro atoms. The second-order valence-corrected chi connectivity index (χ2v) is 12.6. The number of rotatable bonds is 4. The van der Waals surface area contributed by atoms with Gasteiger partial charge in [0.25, 0.3) is 0 Å². The van der Waals surface area contributed by atoms with E-state index in [0.717, 1.165) is 61.1 Å². The first kappa shape index (κ1) is 27.2. The van der Waals surface area contributed by atoms with Crippen molar-refractivity contribution in [3.63, 3.8) is 0 Å². The van der Waals surface area contributed by atoms with Gasteiger partial charge in [-0.1, -0.05) is 38.0 Å². The summed E-state index contributed by atoms with van der Waals surface area (Å²) < 4.78 is 13.4. The molecule has 214 valence electrons. The zero-order valence-electron chi connectivity index (χ0n) is 24.1. The predicted molar refractivity (Wildman–Crippen MR) is 152 cm³/mol. The molecule has 2 unspecified atom stereocenters. The molecule has 2 heterocycles. The summed E-state index contributed by atoms with van der Waals surface area (Å²) in [5.74, 6) is 2.48. The van der Waals surface area contributed by atoms with Crippen LogP contribution in [0.15, 0.2) is 42.1 Å². The van der Waals surface area contributed by atoms with E-state index in [1.54, 1.807) is 7.11 Å². The highest BCUT2D eigenvalue weighted by Crippen LogP contribution is 2.59. The Labute approximate surface area is 237 Å². The van der Waals surface area contributed by atoms with Gasteiger partial charge in [0.2, 0.25) is 0 Å². The van der Waals surface area contributed by atoms with E-state index in [2.05, 4.69) is 41.1 Å². The number of ether oxygens (including phenoxy) is 2. The fourth-order valence-corrected chi connectivity index (χ4v) is 8.30. The maximum absolute atomic E-state index is 13.8. The van der Waals surface area contributed by atoms with Crippen LogP contribution in [-0.2, 0) is 14.3 Å². The van der Waals surface area contributed by atoms with E-state index >= 15 is 0 Å². The van der Waals surface area contributed by atoms with Gasteiger partial charge in [0.15, 0.2) is 5.78 Å². The van der Waals surface area contributed by atoms with Gasteiger partial charge < -0.3 is 9.47 Å². The van der Waals surface area contributed by atoms with Gasteiger partial charge in [-0.2, -0.15) is 0 Å². The largest absolute Gasteiger partial charge is 0.497 e. The number of hydrogen-bond donors (Lipinski definition) is 0. The van der Waals surface area contributed by atoms with Crippen molar-refractivity contribution in [1.29, 1.82) is 0 Å². The van der Waals surface area contributed by atoms with E-state index < -0.39 is 0 Å². The molecule has 2 saturated carbocycles. The fraction of sp³-hybridized carbons (Fsp3) is 0.636. The lowest BCUT2D eigenvalue weighted by atomic mass is 9.64. The van der Waals surface area contributed by atoms with Gasteiger partial charge in [-0.3, -0.25) is 9.59 Å². The van der Waals surface area contributed by atoms with Gasteiger partial charge in [0.05, 0.1) is 25.8 Å². The molecular weight excluding hydrogens is 502 g/mol. The normalized spacial score (nSPS) is 34.5. The van der Waals surface area contributed by atoms with Crippen LogP contribution in [0.5, 0.6) is 5.75 Å². The minimum absolute atomic E-state index is 0.00182. The zero-order chi connectivity index (χ0) is 27.8. The Morgan fingerprint density at radius 3 is 2.55 bits per heavy atom. The Balaban J connectivity index is 1.30. The van der Waals surface area contributed by atoms with Crippen LogP contribution < -0.4 is 4.74 Å². The number of cyclic esters (lactones) is 1. The van der Waals surface area contributed by atoms with Crippen molar-refractivity contribution in [2.24, 2.45) is 35.5 Å². The average molecular weight is 546 g/mol. The molecule has 7 heteroatoms. The molecule has 3 fully saturated rings. The molecule has 8 atom stereocenters. The quantitative estimate of drug-likeness (QED) is 0.403. The number of ketones is 1. The number of fused-ring (bicyclic) bond motifs is 5. The summed E-state index contributed by atoms with van der Waals surface area (Å²) in [5, 5.41) is 9.19. The first-order valence-corrected chi connectivity index (χ1v) is 15.5. The van der Waals surface area contributed by atoms with E-state index in [1.807, 2.05) is 24.3 Å². The Morgan fingerprint density at radius 1 is 1.00 bits per heavy atom. The molecule has 1 aliphatic heterocycles. The smallest absolute Gasteiger partial charge is 0.306 e. The summed E-state index contributed by atoms with van der Waals surface area (Å²) in [4.78, 5) is 27.1. The van der Waals surface area contributed by atoms with Crippen LogP contribution in [0.3, 0.4) is 0 Å². The van der Waals surface area contributed by atoms with Gasteiger partial charge in [0.1, 0.15) is 17.5 Å². The molecule has 0 radical (unpaired) electrons. The van der Waals surface area contributed by atoms with Crippen molar-refractivity contribution in [3.8, 4) is 17.0 Å². The van der Waals surface area contributed by atoms with E-state index in [-0.39, 0.29) is 41.7 Å². The van der Waals surface area contributed by atoms with Gasteiger partial charge in [0, 0.05) is 17.4 Å². The van der Waals surface area contributed by atoms with Crippen molar-refractivity contribution in [3.05, 3.63) is 42.1 Å². The maximum atomic E-state index is 13.8. The molecule has 40 heavy (non-hydrogen) atoms. The summed E-state index contributed by atoms with van der Waals surface area (Å²) in [6.45, 7) is 4.18. The molecule has 0 amide bonds. The number of methoxy groups -OCH3 is 1. The van der Waals surface area contributed by atoms with Crippen LogP contribution in [0.4, 0.5) is 0 Å².